The van der Waals surface area contributed by atoms with Gasteiger partial charge in [-0.25, -0.2) is 4.79 Å². The lowest BCUT2D eigenvalue weighted by molar-refractivity contribution is 0.0526. The van der Waals surface area contributed by atoms with Crippen LogP contribution in [0.3, 0.4) is 0 Å². The minimum atomic E-state index is -0.379. The fourth-order valence-corrected chi connectivity index (χ4v) is 2.53. The molecule has 0 saturated carbocycles. The first-order valence-electron chi connectivity index (χ1n) is 7.40. The predicted octanol–water partition coefficient (Wildman–Crippen LogP) is 3.26. The molecule has 0 aliphatic heterocycles. The molecule has 0 bridgehead atoms. The van der Waals surface area contributed by atoms with Crippen LogP contribution in [0, 0.1) is 0 Å². The summed E-state index contributed by atoms with van der Waals surface area (Å²) in [5, 5.41) is 3.12. The molecule has 2 aromatic carbocycles. The third-order valence-corrected chi connectivity index (χ3v) is 3.96. The number of esters is 1. The molecule has 25 heavy (non-hydrogen) atoms. The Bertz CT molecular complexity index is 781. The predicted molar refractivity (Wildman–Crippen MR) is 103 cm³/mol. The number of anilines is 1. The zero-order valence-corrected chi connectivity index (χ0v) is 15.7. The minimum Gasteiger partial charge on any atom is -0.462 e. The lowest BCUT2D eigenvalue weighted by Gasteiger charge is -2.12. The third-order valence-electron chi connectivity index (χ3n) is 3.06. The van der Waals surface area contributed by atoms with Gasteiger partial charge in [-0.15, -0.1) is 0 Å². The molecule has 0 spiro atoms. The van der Waals surface area contributed by atoms with Gasteiger partial charge in [-0.1, -0.05) is 12.1 Å². The highest BCUT2D eigenvalue weighted by atomic mass is 79.9. The Labute approximate surface area is 159 Å². The van der Waals surface area contributed by atoms with Crippen molar-refractivity contribution in [1.29, 1.82) is 0 Å². The van der Waals surface area contributed by atoms with Crippen molar-refractivity contribution in [3.05, 3.63) is 64.1 Å². The molecule has 0 unspecified atom stereocenters. The van der Waals surface area contributed by atoms with Crippen molar-refractivity contribution in [2.24, 2.45) is 0 Å². The molecule has 6 nitrogen and oxygen atoms in total. The molecular weight excluding hydrogens is 406 g/mol. The number of nitrogens with one attached hydrogen (secondary N) is 3. The van der Waals surface area contributed by atoms with E-state index in [4.69, 9.17) is 17.0 Å². The molecule has 130 valence electrons. The summed E-state index contributed by atoms with van der Waals surface area (Å²) >= 11 is 8.44. The van der Waals surface area contributed by atoms with Gasteiger partial charge in [-0.3, -0.25) is 15.6 Å². The fourth-order valence-electron chi connectivity index (χ4n) is 1.89. The van der Waals surface area contributed by atoms with Crippen LogP contribution in [0.2, 0.25) is 0 Å². The molecule has 0 heterocycles. The molecule has 0 aliphatic carbocycles. The van der Waals surface area contributed by atoms with Crippen molar-refractivity contribution < 1.29 is 14.3 Å². The number of hydrogen-bond acceptors (Lipinski definition) is 4. The molecule has 0 fully saturated rings. The summed E-state index contributed by atoms with van der Waals surface area (Å²) in [5.74, 6) is -0.704. The first-order valence-corrected chi connectivity index (χ1v) is 8.60. The Morgan fingerprint density at radius 3 is 2.40 bits per heavy atom. The average Bonchev–Trinajstić information content (AvgIpc) is 2.61. The van der Waals surface area contributed by atoms with Crippen LogP contribution in [0.15, 0.2) is 53.0 Å². The summed E-state index contributed by atoms with van der Waals surface area (Å²) in [7, 11) is 0. The highest BCUT2D eigenvalue weighted by Crippen LogP contribution is 2.15. The molecule has 0 saturated heterocycles. The number of hydrogen-bond donors (Lipinski definition) is 3. The number of rotatable bonds is 4. The third kappa shape index (κ3) is 5.54. The van der Waals surface area contributed by atoms with Gasteiger partial charge in [0.2, 0.25) is 0 Å². The average molecular weight is 422 g/mol. The van der Waals surface area contributed by atoms with Gasteiger partial charge < -0.3 is 10.1 Å². The van der Waals surface area contributed by atoms with Gasteiger partial charge in [-0.05, 0) is 71.5 Å². The van der Waals surface area contributed by atoms with Crippen molar-refractivity contribution in [2.45, 2.75) is 6.92 Å². The topological polar surface area (TPSA) is 79.5 Å². The van der Waals surface area contributed by atoms with Gasteiger partial charge in [-0.2, -0.15) is 0 Å². The smallest absolute Gasteiger partial charge is 0.338 e. The van der Waals surface area contributed by atoms with E-state index in [-0.39, 0.29) is 17.0 Å². The second-order valence-corrected chi connectivity index (χ2v) is 6.07. The maximum absolute atomic E-state index is 12.1. The Balaban J connectivity index is 1.87. The Hall–Kier alpha value is -2.45. The largest absolute Gasteiger partial charge is 0.462 e. The van der Waals surface area contributed by atoms with E-state index in [1.165, 1.54) is 0 Å². The number of amides is 1. The van der Waals surface area contributed by atoms with E-state index >= 15 is 0 Å². The lowest BCUT2D eigenvalue weighted by atomic mass is 10.2. The number of benzene rings is 2. The quantitative estimate of drug-likeness (QED) is 0.399. The minimum absolute atomic E-state index is 0.212. The van der Waals surface area contributed by atoms with Gasteiger partial charge in [0.1, 0.15) is 0 Å². The summed E-state index contributed by atoms with van der Waals surface area (Å²) < 4.78 is 5.60. The molecular formula is C17H16BrN3O3S. The van der Waals surface area contributed by atoms with Crippen molar-refractivity contribution in [2.75, 3.05) is 11.9 Å². The highest BCUT2D eigenvalue weighted by Gasteiger charge is 2.09. The number of hydrazine groups is 1. The summed E-state index contributed by atoms with van der Waals surface area (Å²) in [6, 6.07) is 13.7. The number of carbonyl (C=O) groups excluding carboxylic acids is 2. The van der Waals surface area contributed by atoms with E-state index in [0.717, 1.165) is 0 Å². The van der Waals surface area contributed by atoms with E-state index in [1.807, 2.05) is 6.07 Å². The van der Waals surface area contributed by atoms with E-state index in [0.29, 0.717) is 27.9 Å². The summed E-state index contributed by atoms with van der Waals surface area (Å²) in [4.78, 5) is 23.6. The zero-order chi connectivity index (χ0) is 18.2. The molecule has 0 radical (unpaired) electrons. The lowest BCUT2D eigenvalue weighted by Crippen LogP contribution is -2.43. The molecule has 3 N–H and O–H groups in total. The second-order valence-electron chi connectivity index (χ2n) is 4.81. The van der Waals surface area contributed by atoms with Gasteiger partial charge in [0.25, 0.3) is 5.91 Å². The van der Waals surface area contributed by atoms with Crippen molar-refractivity contribution in [1.82, 2.24) is 10.9 Å². The Morgan fingerprint density at radius 1 is 1.08 bits per heavy atom. The van der Waals surface area contributed by atoms with Gasteiger partial charge >= 0.3 is 5.97 Å². The van der Waals surface area contributed by atoms with Crippen molar-refractivity contribution in [3.63, 3.8) is 0 Å². The fraction of sp³-hybridized carbons (Fsp3) is 0.118. The van der Waals surface area contributed by atoms with Crippen LogP contribution in [-0.2, 0) is 4.74 Å². The maximum Gasteiger partial charge on any atom is 0.338 e. The first kappa shape index (κ1) is 18.9. The number of carbonyl (C=O) groups is 2. The van der Waals surface area contributed by atoms with E-state index in [1.54, 1.807) is 49.4 Å². The molecule has 0 aromatic heterocycles. The Kier molecular flexibility index (Phi) is 6.91. The zero-order valence-electron chi connectivity index (χ0n) is 13.3. The normalized spacial score (nSPS) is 9.84. The summed E-state index contributed by atoms with van der Waals surface area (Å²) in [6.07, 6.45) is 0. The standard InChI is InChI=1S/C17H16BrN3O3S/c1-2-24-16(23)11-7-9-12(10-8-11)19-17(25)21-20-15(22)13-5-3-4-6-14(13)18/h3-10H,2H2,1H3,(H,20,22)(H2,19,21,25). The van der Waals surface area contributed by atoms with Crippen LogP contribution in [-0.4, -0.2) is 23.6 Å². The van der Waals surface area contributed by atoms with Gasteiger partial charge in [0, 0.05) is 10.2 Å². The van der Waals surface area contributed by atoms with Crippen LogP contribution >= 0.6 is 28.1 Å². The summed E-state index contributed by atoms with van der Waals surface area (Å²) in [6.45, 7) is 2.07. The van der Waals surface area contributed by atoms with Crippen LogP contribution in [0.1, 0.15) is 27.6 Å². The van der Waals surface area contributed by atoms with Crippen LogP contribution < -0.4 is 16.2 Å². The molecule has 8 heteroatoms. The Morgan fingerprint density at radius 2 is 1.76 bits per heavy atom. The monoisotopic (exact) mass is 421 g/mol. The highest BCUT2D eigenvalue weighted by molar-refractivity contribution is 9.10. The van der Waals surface area contributed by atoms with Gasteiger partial charge in [0.15, 0.2) is 5.11 Å². The maximum atomic E-state index is 12.1. The SMILES string of the molecule is CCOC(=O)c1ccc(NC(=S)NNC(=O)c2ccccc2Br)cc1. The molecule has 2 aromatic rings. The summed E-state index contributed by atoms with van der Waals surface area (Å²) in [5.41, 5.74) is 6.73. The van der Waals surface area contributed by atoms with Crippen molar-refractivity contribution in [3.8, 4) is 0 Å². The van der Waals surface area contributed by atoms with Crippen LogP contribution in [0.5, 0.6) is 0 Å². The van der Waals surface area contributed by atoms with Crippen molar-refractivity contribution >= 4 is 50.8 Å². The van der Waals surface area contributed by atoms with Crippen LogP contribution in [0.25, 0.3) is 0 Å². The molecule has 0 atom stereocenters. The first-order chi connectivity index (χ1) is 12.0. The van der Waals surface area contributed by atoms with E-state index in [9.17, 15) is 9.59 Å². The molecule has 0 aliphatic rings. The number of halogens is 1. The molecule has 2 rings (SSSR count). The molecule has 1 amide bonds. The number of thiocarbonyl (C=S) groups is 1. The number of ether oxygens (including phenoxy) is 1. The second kappa shape index (κ2) is 9.14. The van der Waals surface area contributed by atoms with Gasteiger partial charge in [0.05, 0.1) is 17.7 Å². The van der Waals surface area contributed by atoms with Crippen LogP contribution in [0.4, 0.5) is 5.69 Å². The van der Waals surface area contributed by atoms with E-state index in [2.05, 4.69) is 32.1 Å². The van der Waals surface area contributed by atoms with E-state index < -0.39 is 0 Å².